The van der Waals surface area contributed by atoms with Crippen LogP contribution in [-0.4, -0.2) is 39.4 Å². The zero-order valence-electron chi connectivity index (χ0n) is 42.2. The summed E-state index contributed by atoms with van der Waals surface area (Å²) in [6.07, 6.45) is 50.7. The van der Waals surface area contributed by atoms with E-state index in [0.29, 0.717) is 10.8 Å². The van der Waals surface area contributed by atoms with Gasteiger partial charge < -0.3 is 4.74 Å². The van der Waals surface area contributed by atoms with Gasteiger partial charge in [-0.2, -0.15) is 10.6 Å². The molecule has 6 rings (SSSR count). The zero-order valence-corrected chi connectivity index (χ0v) is 43.0. The average molecular weight is 865 g/mol. The lowest BCUT2D eigenvalue weighted by molar-refractivity contribution is -0.137. The van der Waals surface area contributed by atoms with Gasteiger partial charge in [0.2, 0.25) is 0 Å². The molecule has 3 nitrogen and oxygen atoms in total. The fourth-order valence-electron chi connectivity index (χ4n) is 13.5. The summed E-state index contributed by atoms with van der Waals surface area (Å²) in [5.41, 5.74) is 2.59. The van der Waals surface area contributed by atoms with Crippen LogP contribution in [0.4, 0.5) is 0 Å². The Morgan fingerprint density at radius 3 is 2.26 bits per heavy atom. The second-order valence-electron chi connectivity index (χ2n) is 21.9. The minimum Gasteiger partial charge on any atom is -0.347 e. The van der Waals surface area contributed by atoms with E-state index in [2.05, 4.69) is 84.4 Å². The number of hydrogen-bond acceptors (Lipinski definition) is 3. The van der Waals surface area contributed by atoms with Crippen LogP contribution >= 0.6 is 10.6 Å². The van der Waals surface area contributed by atoms with Gasteiger partial charge >= 0.3 is 0 Å². The van der Waals surface area contributed by atoms with Crippen molar-refractivity contribution < 1.29 is 13.1 Å². The standard InChI is InChI=1S/C54H95BO3S.C2H6/c1-9-44-26-22-18-16-14-12-10-11-13-15-17-19-23-27-52(58-59(7,8)56-39-25-21-20-24-38-55)57-47-34-36-53(5)46(41-47)30-31-48-50-33-32-49(54(50,6)37-35-51(48)53)43(4)28-29-45(40-44)42(2)3;1-2/h10,12,16,18,30,42-45,47-52H,9,11,13-15,17,19-29,31-41H2,1-8H3;1-2H3/b12-10-,18-16-;. The van der Waals surface area contributed by atoms with Crippen LogP contribution in [0.5, 0.6) is 0 Å². The summed E-state index contributed by atoms with van der Waals surface area (Å²) < 4.78 is 20.4. The van der Waals surface area contributed by atoms with Crippen molar-refractivity contribution >= 4 is 18.4 Å². The van der Waals surface area contributed by atoms with Crippen LogP contribution in [0.25, 0.3) is 0 Å². The Kier molecular flexibility index (Phi) is 23.7. The minimum absolute atomic E-state index is 0.180. The normalized spacial score (nSPS) is 37.6. The second kappa shape index (κ2) is 27.2. The molecule has 6 aliphatic rings. The van der Waals surface area contributed by atoms with Crippen LogP contribution in [0.15, 0.2) is 36.0 Å². The van der Waals surface area contributed by atoms with Gasteiger partial charge in [0.15, 0.2) is 6.29 Å². The first-order chi connectivity index (χ1) is 29.4. The maximum absolute atomic E-state index is 7.07. The van der Waals surface area contributed by atoms with Gasteiger partial charge in [0.25, 0.3) is 0 Å². The maximum atomic E-state index is 7.07. The van der Waals surface area contributed by atoms with Crippen molar-refractivity contribution in [3.63, 3.8) is 0 Å². The van der Waals surface area contributed by atoms with Gasteiger partial charge in [-0.25, -0.2) is 0 Å². The molecule has 8 bridgehead atoms. The summed E-state index contributed by atoms with van der Waals surface area (Å²) in [5, 5.41) is 0. The first-order valence-electron chi connectivity index (χ1n) is 26.8. The fraction of sp³-hybridized carbons (Fsp3) is 0.893. The van der Waals surface area contributed by atoms with E-state index in [1.807, 2.05) is 13.8 Å². The number of allylic oxidation sites excluding steroid dienone is 5. The van der Waals surface area contributed by atoms with E-state index in [4.69, 9.17) is 20.9 Å². The summed E-state index contributed by atoms with van der Waals surface area (Å²) in [6.45, 7) is 20.4. The Labute approximate surface area is 384 Å². The Hall–Kier alpha value is -0.485. The van der Waals surface area contributed by atoms with Gasteiger partial charge in [-0.05, 0) is 167 Å². The Morgan fingerprint density at radius 2 is 1.51 bits per heavy atom. The summed E-state index contributed by atoms with van der Waals surface area (Å²) in [6, 6.07) is 0. The third-order valence-corrected chi connectivity index (χ3v) is 18.7. The van der Waals surface area contributed by atoms with Crippen LogP contribution in [0.1, 0.15) is 222 Å². The molecular formula is C56H101BO3S. The maximum Gasteiger partial charge on any atom is 0.180 e. The number of rotatable bonds is 11. The van der Waals surface area contributed by atoms with E-state index < -0.39 is 10.6 Å². The number of fused-ring (bicyclic) bond motifs is 22. The van der Waals surface area contributed by atoms with E-state index in [9.17, 15) is 0 Å². The minimum atomic E-state index is -1.66. The molecule has 2 heterocycles. The molecule has 11 atom stereocenters. The number of ether oxygens (including phenoxy) is 1. The third kappa shape index (κ3) is 15.8. The van der Waals surface area contributed by atoms with Crippen LogP contribution < -0.4 is 0 Å². The molecule has 0 amide bonds. The molecule has 3 fully saturated rings. The van der Waals surface area contributed by atoms with E-state index in [1.54, 1.807) is 5.57 Å². The fourth-order valence-corrected chi connectivity index (χ4v) is 14.7. The van der Waals surface area contributed by atoms with Gasteiger partial charge in [-0.1, -0.05) is 149 Å². The molecule has 0 N–H and O–H groups in total. The highest BCUT2D eigenvalue weighted by Gasteiger charge is 2.59. The largest absolute Gasteiger partial charge is 0.347 e. The zero-order chi connectivity index (χ0) is 44.3. The van der Waals surface area contributed by atoms with Gasteiger partial charge in [-0.15, -0.1) is 0 Å². The molecule has 0 aromatic rings. The summed E-state index contributed by atoms with van der Waals surface area (Å²) in [7, 11) is 4.06. The van der Waals surface area contributed by atoms with Crippen LogP contribution in [0, 0.1) is 58.2 Å². The average Bonchev–Trinajstić information content (AvgIpc) is 3.60. The molecule has 11 unspecified atom stereocenters. The molecule has 5 heteroatoms. The molecule has 4 aliphatic carbocycles. The van der Waals surface area contributed by atoms with Crippen LogP contribution in [-0.2, 0) is 13.1 Å². The third-order valence-electron chi connectivity index (χ3n) is 17.3. The molecule has 0 saturated heterocycles. The van der Waals surface area contributed by atoms with E-state index in [-0.39, 0.29) is 12.4 Å². The molecule has 61 heavy (non-hydrogen) atoms. The molecule has 0 spiro atoms. The lowest BCUT2D eigenvalue weighted by atomic mass is 9.47. The number of hydrogen-bond donors (Lipinski definition) is 0. The molecule has 2 radical (unpaired) electrons. The first-order valence-corrected chi connectivity index (χ1v) is 29.1. The monoisotopic (exact) mass is 865 g/mol. The van der Waals surface area contributed by atoms with E-state index >= 15 is 0 Å². The SMILES string of the molecule is CC.[B]CCCCCCOS(C)(C)OC1CCCCCCC/C=C\C/C=C\CCC(CC)CC(C(C)C)CCC(C)C2CCC3C4CC=C5CC(CCC5(C)C4CCC23C)O1. The van der Waals surface area contributed by atoms with Gasteiger partial charge in [0, 0.05) is 18.9 Å². The lowest BCUT2D eigenvalue weighted by Gasteiger charge is -2.58. The summed E-state index contributed by atoms with van der Waals surface area (Å²) in [4.78, 5) is 0. The number of unbranched alkanes of at least 4 members (excludes halogenated alkanes) is 3. The molecule has 352 valence electrons. The predicted molar refractivity (Wildman–Crippen MR) is 270 cm³/mol. The Morgan fingerprint density at radius 1 is 0.787 bits per heavy atom. The first kappa shape index (κ1) is 53.1. The molecule has 2 aliphatic heterocycles. The topological polar surface area (TPSA) is 27.7 Å². The van der Waals surface area contributed by atoms with Crippen molar-refractivity contribution in [3.05, 3.63) is 36.0 Å². The smallest absolute Gasteiger partial charge is 0.180 e. The predicted octanol–water partition coefficient (Wildman–Crippen LogP) is 17.5. The summed E-state index contributed by atoms with van der Waals surface area (Å²) in [5.74, 6) is 6.88. The van der Waals surface area contributed by atoms with Gasteiger partial charge in [0.05, 0.1) is 20.6 Å². The summed E-state index contributed by atoms with van der Waals surface area (Å²) >= 11 is 0. The van der Waals surface area contributed by atoms with Gasteiger partial charge in [-0.3, -0.25) is 8.37 Å². The molecule has 0 aromatic heterocycles. The molecule has 0 aromatic carbocycles. The highest BCUT2D eigenvalue weighted by atomic mass is 32.3. The van der Waals surface area contributed by atoms with Crippen molar-refractivity contribution in [2.75, 3.05) is 19.1 Å². The van der Waals surface area contributed by atoms with Crippen molar-refractivity contribution in [1.29, 1.82) is 0 Å². The lowest BCUT2D eigenvalue weighted by Crippen LogP contribution is -2.51. The van der Waals surface area contributed by atoms with Crippen molar-refractivity contribution in [3.8, 4) is 0 Å². The van der Waals surface area contributed by atoms with Crippen LogP contribution in [0.3, 0.4) is 0 Å². The quantitative estimate of drug-likeness (QED) is 0.118. The van der Waals surface area contributed by atoms with E-state index in [0.717, 1.165) is 105 Å². The molecular weight excluding hydrogens is 763 g/mol. The Bertz CT molecular complexity index is 1290. The van der Waals surface area contributed by atoms with Crippen molar-refractivity contribution in [2.45, 2.75) is 241 Å². The molecule has 3 saturated carbocycles. The highest BCUT2D eigenvalue weighted by molar-refractivity contribution is 8.24. The Balaban J connectivity index is 0.00000403. The van der Waals surface area contributed by atoms with Crippen molar-refractivity contribution in [1.82, 2.24) is 0 Å². The van der Waals surface area contributed by atoms with Crippen molar-refractivity contribution in [2.24, 2.45) is 58.2 Å². The van der Waals surface area contributed by atoms with E-state index in [1.165, 1.54) is 122 Å². The van der Waals surface area contributed by atoms with Gasteiger partial charge in [0.1, 0.15) is 0 Å². The second-order valence-corrected chi connectivity index (χ2v) is 24.6. The van der Waals surface area contributed by atoms with Crippen LogP contribution in [0.2, 0.25) is 6.32 Å². The highest BCUT2D eigenvalue weighted by Crippen LogP contribution is 2.67.